The highest BCUT2D eigenvalue weighted by Crippen LogP contribution is 2.29. The summed E-state index contributed by atoms with van der Waals surface area (Å²) in [4.78, 5) is 29.8. The van der Waals surface area contributed by atoms with Crippen molar-refractivity contribution >= 4 is 17.7 Å². The molecule has 0 bridgehead atoms. The van der Waals surface area contributed by atoms with Crippen LogP contribution in [0, 0.1) is 11.7 Å². The molecule has 12 heteroatoms. The van der Waals surface area contributed by atoms with E-state index in [0.717, 1.165) is 0 Å². The summed E-state index contributed by atoms with van der Waals surface area (Å²) >= 11 is 0. The van der Waals surface area contributed by atoms with Crippen LogP contribution < -0.4 is 10.6 Å². The number of carbonyl (C=O) groups is 2. The highest BCUT2D eigenvalue weighted by molar-refractivity contribution is 5.90. The van der Waals surface area contributed by atoms with Crippen molar-refractivity contribution in [3.8, 4) is 22.6 Å². The number of aryl methyl sites for hydroxylation is 1. The van der Waals surface area contributed by atoms with E-state index < -0.39 is 30.0 Å². The van der Waals surface area contributed by atoms with Crippen LogP contribution in [0.5, 0.6) is 0 Å². The fourth-order valence-electron chi connectivity index (χ4n) is 3.40. The summed E-state index contributed by atoms with van der Waals surface area (Å²) < 4.78 is 26.8. The lowest BCUT2D eigenvalue weighted by molar-refractivity contribution is -0.148. The van der Waals surface area contributed by atoms with Crippen LogP contribution in [0.2, 0.25) is 0 Å². The van der Waals surface area contributed by atoms with Crippen molar-refractivity contribution in [2.75, 3.05) is 18.1 Å². The second-order valence-corrected chi connectivity index (χ2v) is 8.24. The molecule has 0 aliphatic carbocycles. The number of aromatic nitrogens is 5. The molecule has 3 aromatic rings. The van der Waals surface area contributed by atoms with Crippen LogP contribution in [0.3, 0.4) is 0 Å². The van der Waals surface area contributed by atoms with Crippen molar-refractivity contribution in [2.24, 2.45) is 18.7 Å². The van der Waals surface area contributed by atoms with Gasteiger partial charge in [-0.05, 0) is 40.6 Å². The Morgan fingerprint density at radius 3 is 2.74 bits per heavy atom. The number of benzene rings is 1. The Labute approximate surface area is 194 Å². The smallest absolute Gasteiger partial charge is 0.414 e. The van der Waals surface area contributed by atoms with Gasteiger partial charge in [-0.2, -0.15) is 0 Å². The Morgan fingerprint density at radius 2 is 2.12 bits per heavy atom. The molecule has 1 aliphatic rings. The normalized spacial score (nSPS) is 16.6. The van der Waals surface area contributed by atoms with Crippen LogP contribution in [0.25, 0.3) is 22.6 Å². The highest BCUT2D eigenvalue weighted by atomic mass is 19.1. The van der Waals surface area contributed by atoms with E-state index in [0.29, 0.717) is 28.3 Å². The van der Waals surface area contributed by atoms with Gasteiger partial charge in [0, 0.05) is 24.4 Å². The first-order chi connectivity index (χ1) is 16.2. The molecule has 2 atom stereocenters. The first-order valence-electron chi connectivity index (χ1n) is 10.6. The fourth-order valence-corrected chi connectivity index (χ4v) is 3.40. The lowest BCUT2D eigenvalue weighted by atomic mass is 10.1. The molecule has 1 amide bonds. The van der Waals surface area contributed by atoms with Crippen LogP contribution in [-0.2, 0) is 21.3 Å². The Balaban J connectivity index is 1.43. The molecule has 2 aromatic heterocycles. The van der Waals surface area contributed by atoms with Crippen molar-refractivity contribution < 1.29 is 23.5 Å². The van der Waals surface area contributed by atoms with Crippen molar-refractivity contribution in [3.63, 3.8) is 0 Å². The molecule has 1 aromatic carbocycles. The van der Waals surface area contributed by atoms with Crippen LogP contribution in [0.15, 0.2) is 36.5 Å². The topological polar surface area (TPSA) is 138 Å². The number of hydrogen-bond donors (Lipinski definition) is 1. The quantitative estimate of drug-likeness (QED) is 0.514. The predicted octanol–water partition coefficient (Wildman–Crippen LogP) is 1.93. The number of nitrogens with two attached hydrogens (primary N) is 1. The second kappa shape index (κ2) is 9.51. The summed E-state index contributed by atoms with van der Waals surface area (Å²) in [5.74, 6) is -0.680. The van der Waals surface area contributed by atoms with Crippen molar-refractivity contribution in [1.82, 2.24) is 25.2 Å². The lowest BCUT2D eigenvalue weighted by Crippen LogP contribution is -2.38. The third-order valence-electron chi connectivity index (χ3n) is 5.46. The first kappa shape index (κ1) is 23.2. The molecule has 1 saturated heterocycles. The molecule has 2 N–H and O–H groups in total. The van der Waals surface area contributed by atoms with E-state index in [-0.39, 0.29) is 19.1 Å². The number of carbonyl (C=O) groups excluding carboxylic acids is 2. The van der Waals surface area contributed by atoms with Gasteiger partial charge < -0.3 is 15.2 Å². The molecule has 1 aliphatic heterocycles. The minimum atomic E-state index is -0.754. The molecule has 178 valence electrons. The number of tetrazole rings is 1. The monoisotopic (exact) mass is 469 g/mol. The molecule has 0 saturated carbocycles. The Morgan fingerprint density at radius 1 is 1.32 bits per heavy atom. The minimum Gasteiger partial charge on any atom is -0.460 e. The molecule has 4 rings (SSSR count). The summed E-state index contributed by atoms with van der Waals surface area (Å²) in [6.45, 7) is 3.60. The molecule has 0 radical (unpaired) electrons. The summed E-state index contributed by atoms with van der Waals surface area (Å²) in [5, 5.41) is 11.2. The van der Waals surface area contributed by atoms with Crippen molar-refractivity contribution in [2.45, 2.75) is 26.0 Å². The minimum absolute atomic E-state index is 0.0770. The zero-order valence-corrected chi connectivity index (χ0v) is 18.9. The van der Waals surface area contributed by atoms with Crippen molar-refractivity contribution in [1.29, 1.82) is 0 Å². The zero-order chi connectivity index (χ0) is 24.4. The fraction of sp³-hybridized carbons (Fsp3) is 0.364. The molecular weight excluding hydrogens is 445 g/mol. The maximum Gasteiger partial charge on any atom is 0.414 e. The number of esters is 1. The molecule has 0 spiro atoms. The largest absolute Gasteiger partial charge is 0.460 e. The number of cyclic esters (lactones) is 1. The zero-order valence-electron chi connectivity index (χ0n) is 18.9. The van der Waals surface area contributed by atoms with Gasteiger partial charge in [-0.25, -0.2) is 13.9 Å². The summed E-state index contributed by atoms with van der Waals surface area (Å²) in [6.07, 6.45) is 0.202. The lowest BCUT2D eigenvalue weighted by Gasteiger charge is -2.16. The van der Waals surface area contributed by atoms with E-state index in [9.17, 15) is 14.0 Å². The van der Waals surface area contributed by atoms with E-state index in [2.05, 4.69) is 20.5 Å². The standard InChI is InChI=1S/C22H24FN7O4/c1-12(2)19(24)21(31)33-11-15-10-30(22(32)34-15)14-5-6-16(17(23)8-14)13-4-7-18(25-9-13)20-26-27-28-29(20)3/h4-9,12,15,19H,10-11,24H2,1-3H3/t15?,19-/m1/s1. The molecule has 34 heavy (non-hydrogen) atoms. The number of halogens is 1. The van der Waals surface area contributed by atoms with Crippen molar-refractivity contribution in [3.05, 3.63) is 42.3 Å². The molecular formula is C22H24FN7O4. The molecule has 1 fully saturated rings. The van der Waals surface area contributed by atoms with Crippen LogP contribution >= 0.6 is 0 Å². The van der Waals surface area contributed by atoms with Gasteiger partial charge in [0.25, 0.3) is 0 Å². The van der Waals surface area contributed by atoms with Gasteiger partial charge in [-0.3, -0.25) is 14.7 Å². The Hall–Kier alpha value is -3.93. The van der Waals surface area contributed by atoms with Crippen LogP contribution in [0.1, 0.15) is 13.8 Å². The van der Waals surface area contributed by atoms with E-state index in [1.165, 1.54) is 21.8 Å². The predicted molar refractivity (Wildman–Crippen MR) is 119 cm³/mol. The third-order valence-corrected chi connectivity index (χ3v) is 5.46. The van der Waals surface area contributed by atoms with E-state index >= 15 is 0 Å². The number of nitrogens with zero attached hydrogens (tertiary/aromatic N) is 6. The molecule has 1 unspecified atom stereocenters. The Kier molecular flexibility index (Phi) is 6.50. The summed E-state index contributed by atoms with van der Waals surface area (Å²) in [5.41, 5.74) is 7.51. The maximum absolute atomic E-state index is 14.9. The Bertz CT molecular complexity index is 1200. The third kappa shape index (κ3) is 4.71. The van der Waals surface area contributed by atoms with E-state index in [4.69, 9.17) is 15.2 Å². The van der Waals surface area contributed by atoms with Gasteiger partial charge in [0.2, 0.25) is 0 Å². The van der Waals surface area contributed by atoms with Crippen LogP contribution in [0.4, 0.5) is 14.9 Å². The van der Waals surface area contributed by atoms with Gasteiger partial charge in [0.15, 0.2) is 11.9 Å². The van der Waals surface area contributed by atoms with Gasteiger partial charge >= 0.3 is 12.1 Å². The number of pyridine rings is 1. The summed E-state index contributed by atoms with van der Waals surface area (Å²) in [7, 11) is 1.70. The maximum atomic E-state index is 14.9. The number of rotatable bonds is 7. The van der Waals surface area contributed by atoms with Gasteiger partial charge in [-0.1, -0.05) is 19.9 Å². The van der Waals surface area contributed by atoms with Gasteiger partial charge in [-0.15, -0.1) is 5.10 Å². The molecule has 3 heterocycles. The number of ether oxygens (including phenoxy) is 2. The highest BCUT2D eigenvalue weighted by Gasteiger charge is 2.34. The SMILES string of the molecule is CC(C)[C@@H](N)C(=O)OCC1CN(c2ccc(-c3ccc(-c4nnnn4C)nc3)c(F)c2)C(=O)O1. The van der Waals surface area contributed by atoms with Gasteiger partial charge in [0.05, 0.1) is 12.2 Å². The molecule has 11 nitrogen and oxygen atoms in total. The second-order valence-electron chi connectivity index (χ2n) is 8.24. The van der Waals surface area contributed by atoms with Gasteiger partial charge in [0.1, 0.15) is 24.2 Å². The van der Waals surface area contributed by atoms with E-state index in [1.807, 2.05) is 0 Å². The first-order valence-corrected chi connectivity index (χ1v) is 10.6. The number of hydrogen-bond acceptors (Lipinski definition) is 9. The average Bonchev–Trinajstić information content (AvgIpc) is 3.42. The number of anilines is 1. The average molecular weight is 469 g/mol. The number of amides is 1. The summed E-state index contributed by atoms with van der Waals surface area (Å²) in [6, 6.07) is 7.08. The van der Waals surface area contributed by atoms with E-state index in [1.54, 1.807) is 45.2 Å². The van der Waals surface area contributed by atoms with Crippen LogP contribution in [-0.4, -0.2) is 62.6 Å².